The van der Waals surface area contributed by atoms with Crippen molar-refractivity contribution >= 4 is 5.78 Å². The molecule has 0 radical (unpaired) electrons. The molecule has 3 heterocycles. The maximum absolute atomic E-state index is 4.38. The number of nitrogens with zero attached hydrogens (tertiary/aromatic N) is 5. The molecule has 1 aromatic carbocycles. The predicted octanol–water partition coefficient (Wildman–Crippen LogP) is 3.26. The minimum absolute atomic E-state index is 0.491. The summed E-state index contributed by atoms with van der Waals surface area (Å²) in [4.78, 5) is 11.2. The third kappa shape index (κ3) is 2.72. The van der Waals surface area contributed by atoms with Gasteiger partial charge in [-0.15, -0.1) is 0 Å². The highest BCUT2D eigenvalue weighted by atomic mass is 15.3. The van der Waals surface area contributed by atoms with Gasteiger partial charge in [-0.1, -0.05) is 24.3 Å². The Kier molecular flexibility index (Phi) is 3.58. The lowest BCUT2D eigenvalue weighted by atomic mass is 10.0. The Morgan fingerprint density at radius 3 is 2.52 bits per heavy atom. The van der Waals surface area contributed by atoms with Gasteiger partial charge in [-0.2, -0.15) is 10.1 Å². The molecule has 1 aliphatic rings. The average molecular weight is 307 g/mol. The van der Waals surface area contributed by atoms with Crippen molar-refractivity contribution in [2.75, 3.05) is 13.1 Å². The number of aromatic nitrogens is 4. The largest absolute Gasteiger partial charge is 0.297 e. The molecule has 0 aliphatic carbocycles. The molecule has 0 amide bonds. The zero-order chi connectivity index (χ0) is 15.8. The molecule has 0 spiro atoms. The van der Waals surface area contributed by atoms with Crippen LogP contribution in [0.15, 0.2) is 36.7 Å². The standard InChI is InChI=1S/C18H21N5/c1-13(22-9-3-4-10-22)15-5-7-16(8-6-15)17-11-19-18-20-14(2)21-23(18)12-17/h5-8,11-13H,3-4,9-10H2,1-2H3/t13-/m1/s1. The first-order valence-electron chi connectivity index (χ1n) is 8.24. The second-order valence-electron chi connectivity index (χ2n) is 6.29. The van der Waals surface area contributed by atoms with E-state index in [1.54, 1.807) is 4.52 Å². The second-order valence-corrected chi connectivity index (χ2v) is 6.29. The number of fused-ring (bicyclic) bond motifs is 1. The Hall–Kier alpha value is -2.27. The van der Waals surface area contributed by atoms with E-state index in [4.69, 9.17) is 0 Å². The summed E-state index contributed by atoms with van der Waals surface area (Å²) in [5.41, 5.74) is 3.59. The van der Waals surface area contributed by atoms with E-state index in [1.165, 1.54) is 31.5 Å². The highest BCUT2D eigenvalue weighted by Crippen LogP contribution is 2.27. The Labute approximate surface area is 136 Å². The molecule has 0 N–H and O–H groups in total. The van der Waals surface area contributed by atoms with Gasteiger partial charge in [0, 0.05) is 24.0 Å². The van der Waals surface area contributed by atoms with E-state index in [1.807, 2.05) is 19.3 Å². The first-order chi connectivity index (χ1) is 11.2. The minimum atomic E-state index is 0.491. The SMILES string of the molecule is Cc1nc2ncc(-c3ccc([C@@H](C)N4CCCC4)cc3)cn2n1. The maximum Gasteiger partial charge on any atom is 0.252 e. The molecule has 0 bridgehead atoms. The van der Waals surface area contributed by atoms with Crippen LogP contribution in [0.2, 0.25) is 0 Å². The molecule has 0 saturated carbocycles. The van der Waals surface area contributed by atoms with Gasteiger partial charge in [0.15, 0.2) is 0 Å². The number of hydrogen-bond acceptors (Lipinski definition) is 4. The van der Waals surface area contributed by atoms with Gasteiger partial charge in [-0.3, -0.25) is 4.90 Å². The van der Waals surface area contributed by atoms with Crippen LogP contribution in [0.3, 0.4) is 0 Å². The highest BCUT2D eigenvalue weighted by Gasteiger charge is 2.19. The molecule has 5 nitrogen and oxygen atoms in total. The Balaban J connectivity index is 1.61. The summed E-state index contributed by atoms with van der Waals surface area (Å²) in [6, 6.07) is 9.30. The summed E-state index contributed by atoms with van der Waals surface area (Å²) in [5.74, 6) is 1.38. The van der Waals surface area contributed by atoms with Crippen molar-refractivity contribution in [1.29, 1.82) is 0 Å². The van der Waals surface area contributed by atoms with Gasteiger partial charge in [0.05, 0.1) is 0 Å². The van der Waals surface area contributed by atoms with Crippen molar-refractivity contribution in [2.24, 2.45) is 0 Å². The average Bonchev–Trinajstić information content (AvgIpc) is 3.22. The molecule has 118 valence electrons. The van der Waals surface area contributed by atoms with Crippen molar-refractivity contribution in [1.82, 2.24) is 24.5 Å². The van der Waals surface area contributed by atoms with Gasteiger partial charge >= 0.3 is 0 Å². The molecule has 23 heavy (non-hydrogen) atoms. The summed E-state index contributed by atoms with van der Waals surface area (Å²) >= 11 is 0. The number of rotatable bonds is 3. The van der Waals surface area contributed by atoms with Crippen LogP contribution in [0.5, 0.6) is 0 Å². The van der Waals surface area contributed by atoms with Crippen molar-refractivity contribution in [3.63, 3.8) is 0 Å². The molecular weight excluding hydrogens is 286 g/mol. The number of aryl methyl sites for hydroxylation is 1. The summed E-state index contributed by atoms with van der Waals surface area (Å²) in [7, 11) is 0. The monoisotopic (exact) mass is 307 g/mol. The van der Waals surface area contributed by atoms with Gasteiger partial charge in [-0.25, -0.2) is 9.50 Å². The van der Waals surface area contributed by atoms with Crippen LogP contribution in [0.1, 0.15) is 37.2 Å². The molecular formula is C18H21N5. The maximum atomic E-state index is 4.38. The van der Waals surface area contributed by atoms with Gasteiger partial charge in [0.1, 0.15) is 5.82 Å². The lowest BCUT2D eigenvalue weighted by Crippen LogP contribution is -2.23. The summed E-state index contributed by atoms with van der Waals surface area (Å²) in [6.07, 6.45) is 6.50. The van der Waals surface area contributed by atoms with Crippen LogP contribution in [-0.4, -0.2) is 37.6 Å². The summed E-state index contributed by atoms with van der Waals surface area (Å²) in [5, 5.41) is 4.33. The number of benzene rings is 1. The first-order valence-corrected chi connectivity index (χ1v) is 8.24. The van der Waals surface area contributed by atoms with Gasteiger partial charge in [-0.05, 0) is 50.9 Å². The molecule has 2 aromatic heterocycles. The fraction of sp³-hybridized carbons (Fsp3) is 0.389. The Morgan fingerprint density at radius 1 is 1.04 bits per heavy atom. The van der Waals surface area contributed by atoms with Crippen LogP contribution >= 0.6 is 0 Å². The topological polar surface area (TPSA) is 46.3 Å². The van der Waals surface area contributed by atoms with Crippen LogP contribution in [0.25, 0.3) is 16.9 Å². The molecule has 5 heteroatoms. The van der Waals surface area contributed by atoms with Crippen LogP contribution in [0, 0.1) is 6.92 Å². The quantitative estimate of drug-likeness (QED) is 0.745. The third-order valence-electron chi connectivity index (χ3n) is 4.71. The van der Waals surface area contributed by atoms with Crippen LogP contribution < -0.4 is 0 Å². The first kappa shape index (κ1) is 14.3. The normalized spacial score (nSPS) is 17.0. The Morgan fingerprint density at radius 2 is 1.78 bits per heavy atom. The van der Waals surface area contributed by atoms with E-state index in [0.29, 0.717) is 11.8 Å². The molecule has 0 unspecified atom stereocenters. The predicted molar refractivity (Wildman–Crippen MR) is 90.2 cm³/mol. The zero-order valence-electron chi connectivity index (χ0n) is 13.6. The van der Waals surface area contributed by atoms with Crippen LogP contribution in [-0.2, 0) is 0 Å². The van der Waals surface area contributed by atoms with E-state index in [0.717, 1.165) is 17.0 Å². The van der Waals surface area contributed by atoms with Crippen molar-refractivity contribution in [2.45, 2.75) is 32.7 Å². The molecule has 1 saturated heterocycles. The summed E-state index contributed by atoms with van der Waals surface area (Å²) < 4.78 is 1.74. The van der Waals surface area contributed by atoms with Crippen molar-refractivity contribution in [3.05, 3.63) is 48.0 Å². The number of hydrogen-bond donors (Lipinski definition) is 0. The van der Waals surface area contributed by atoms with Crippen molar-refractivity contribution < 1.29 is 0 Å². The van der Waals surface area contributed by atoms with E-state index < -0.39 is 0 Å². The second kappa shape index (κ2) is 5.74. The molecule has 1 atom stereocenters. The lowest BCUT2D eigenvalue weighted by molar-refractivity contribution is 0.263. The van der Waals surface area contributed by atoms with Crippen LogP contribution in [0.4, 0.5) is 0 Å². The number of likely N-dealkylation sites (tertiary alicyclic amines) is 1. The summed E-state index contributed by atoms with van der Waals surface area (Å²) in [6.45, 7) is 6.61. The fourth-order valence-corrected chi connectivity index (χ4v) is 3.33. The van der Waals surface area contributed by atoms with Crippen molar-refractivity contribution in [3.8, 4) is 11.1 Å². The van der Waals surface area contributed by atoms with Gasteiger partial charge < -0.3 is 0 Å². The smallest absolute Gasteiger partial charge is 0.252 e. The van der Waals surface area contributed by atoms with Gasteiger partial charge in [0.2, 0.25) is 0 Å². The van der Waals surface area contributed by atoms with E-state index in [9.17, 15) is 0 Å². The fourth-order valence-electron chi connectivity index (χ4n) is 3.33. The molecule has 1 aliphatic heterocycles. The van der Waals surface area contributed by atoms with E-state index in [-0.39, 0.29) is 0 Å². The van der Waals surface area contributed by atoms with E-state index >= 15 is 0 Å². The third-order valence-corrected chi connectivity index (χ3v) is 4.71. The highest BCUT2D eigenvalue weighted by molar-refractivity contribution is 5.62. The zero-order valence-corrected chi connectivity index (χ0v) is 13.6. The lowest BCUT2D eigenvalue weighted by Gasteiger charge is -2.24. The Bertz CT molecular complexity index is 815. The minimum Gasteiger partial charge on any atom is -0.297 e. The van der Waals surface area contributed by atoms with E-state index in [2.05, 4.69) is 51.2 Å². The molecule has 1 fully saturated rings. The van der Waals surface area contributed by atoms with Gasteiger partial charge in [0.25, 0.3) is 5.78 Å². The molecule has 3 aromatic rings. The molecule has 4 rings (SSSR count).